The van der Waals surface area contributed by atoms with Crippen LogP contribution in [0, 0.1) is 5.82 Å². The van der Waals surface area contributed by atoms with E-state index >= 15 is 0 Å². The maximum atomic E-state index is 13.6. The largest absolute Gasteiger partial charge is 0.369 e. The molecule has 0 spiro atoms. The number of imidazole rings is 1. The zero-order chi connectivity index (χ0) is 14.3. The molecule has 1 heterocycles. The quantitative estimate of drug-likeness (QED) is 0.867. The molecule has 2 atom stereocenters. The molecule has 1 fully saturated rings. The Labute approximate surface area is 130 Å². The number of nitrogens with two attached hydrogens (primary N) is 1. The van der Waals surface area contributed by atoms with Gasteiger partial charge in [-0.25, -0.2) is 9.37 Å². The van der Waals surface area contributed by atoms with Crippen LogP contribution in [-0.4, -0.2) is 21.1 Å². The van der Waals surface area contributed by atoms with Crippen LogP contribution in [0.15, 0.2) is 16.6 Å². The predicted octanol–water partition coefficient (Wildman–Crippen LogP) is 4.37. The van der Waals surface area contributed by atoms with Gasteiger partial charge in [-0.3, -0.25) is 0 Å². The molecule has 0 amide bonds. The molecule has 1 aromatic carbocycles. The van der Waals surface area contributed by atoms with Crippen molar-refractivity contribution in [3.8, 4) is 0 Å². The van der Waals surface area contributed by atoms with Gasteiger partial charge in [0, 0.05) is 17.4 Å². The van der Waals surface area contributed by atoms with E-state index in [9.17, 15) is 4.39 Å². The van der Waals surface area contributed by atoms with E-state index < -0.39 is 0 Å². The first-order chi connectivity index (χ1) is 9.61. The van der Waals surface area contributed by atoms with E-state index in [0.29, 0.717) is 27.2 Å². The molecule has 6 heteroatoms. The summed E-state index contributed by atoms with van der Waals surface area (Å²) >= 11 is 5.14. The maximum Gasteiger partial charge on any atom is 0.201 e. The number of hydrogen-bond donors (Lipinski definition) is 1. The summed E-state index contributed by atoms with van der Waals surface area (Å²) in [6.07, 6.45) is 6.94. The lowest BCUT2D eigenvalue weighted by atomic mass is 9.94. The zero-order valence-corrected chi connectivity index (χ0v) is 13.7. The summed E-state index contributed by atoms with van der Waals surface area (Å²) in [5.41, 5.74) is 7.66. The number of rotatable bonds is 2. The Morgan fingerprint density at radius 3 is 2.90 bits per heavy atom. The molecule has 2 unspecified atom stereocenters. The maximum absolute atomic E-state index is 13.6. The normalized spacial score (nSPS) is 23.4. The predicted molar refractivity (Wildman–Crippen MR) is 86.6 cm³/mol. The highest BCUT2D eigenvalue weighted by atomic mass is 79.9. The lowest BCUT2D eigenvalue weighted by molar-refractivity contribution is 0.374. The number of hydrogen-bond acceptors (Lipinski definition) is 3. The monoisotopic (exact) mass is 357 g/mol. The number of benzene rings is 1. The fourth-order valence-corrected chi connectivity index (χ4v) is 4.41. The van der Waals surface area contributed by atoms with Crippen molar-refractivity contribution in [2.24, 2.45) is 0 Å². The smallest absolute Gasteiger partial charge is 0.201 e. The lowest BCUT2D eigenvalue weighted by Crippen LogP contribution is -2.26. The fourth-order valence-electron chi connectivity index (χ4n) is 3.11. The van der Waals surface area contributed by atoms with Gasteiger partial charge in [0.05, 0.1) is 15.5 Å². The van der Waals surface area contributed by atoms with Gasteiger partial charge in [0.1, 0.15) is 5.82 Å². The molecule has 0 radical (unpaired) electrons. The molecule has 3 nitrogen and oxygen atoms in total. The van der Waals surface area contributed by atoms with Gasteiger partial charge in [-0.1, -0.05) is 12.8 Å². The third-order valence-corrected chi connectivity index (χ3v) is 5.82. The molecule has 0 bridgehead atoms. The Bertz CT molecular complexity index is 643. The van der Waals surface area contributed by atoms with Gasteiger partial charge < -0.3 is 10.3 Å². The summed E-state index contributed by atoms with van der Waals surface area (Å²) in [6.45, 7) is 0. The highest BCUT2D eigenvalue weighted by Crippen LogP contribution is 2.39. The first-order valence-corrected chi connectivity index (χ1v) is 8.85. The number of fused-ring (bicyclic) bond motifs is 1. The van der Waals surface area contributed by atoms with Crippen LogP contribution in [0.25, 0.3) is 11.0 Å². The molecule has 108 valence electrons. The van der Waals surface area contributed by atoms with Crippen molar-refractivity contribution < 1.29 is 4.39 Å². The van der Waals surface area contributed by atoms with E-state index in [1.54, 1.807) is 6.07 Å². The van der Waals surface area contributed by atoms with Gasteiger partial charge in [0.25, 0.3) is 0 Å². The van der Waals surface area contributed by atoms with Crippen molar-refractivity contribution >= 4 is 44.7 Å². The van der Waals surface area contributed by atoms with Crippen molar-refractivity contribution in [2.75, 3.05) is 12.0 Å². The Morgan fingerprint density at radius 2 is 2.15 bits per heavy atom. The lowest BCUT2D eigenvalue weighted by Gasteiger charge is -2.32. The van der Waals surface area contributed by atoms with Crippen molar-refractivity contribution in [3.63, 3.8) is 0 Å². The number of thioether (sulfide) groups is 1. The Hall–Kier alpha value is -0.750. The minimum absolute atomic E-state index is 0.299. The SMILES string of the molecule is CSC1CCCCC1n1c(N)nc2cc(F)c(Br)cc21. The summed E-state index contributed by atoms with van der Waals surface area (Å²) in [7, 11) is 0. The fraction of sp³-hybridized carbons (Fsp3) is 0.500. The molecule has 0 saturated heterocycles. The van der Waals surface area contributed by atoms with Gasteiger partial charge in [-0.05, 0) is 41.1 Å². The van der Waals surface area contributed by atoms with Crippen LogP contribution in [-0.2, 0) is 0 Å². The van der Waals surface area contributed by atoms with Crippen LogP contribution in [0.2, 0.25) is 0 Å². The second-order valence-electron chi connectivity index (χ2n) is 5.22. The number of nitrogens with zero attached hydrogens (tertiary/aromatic N) is 2. The molecular weight excluding hydrogens is 341 g/mol. The highest BCUT2D eigenvalue weighted by Gasteiger charge is 2.28. The van der Waals surface area contributed by atoms with E-state index in [0.717, 1.165) is 11.9 Å². The topological polar surface area (TPSA) is 43.8 Å². The Balaban J connectivity index is 2.14. The third kappa shape index (κ3) is 2.33. The molecule has 1 aliphatic carbocycles. The zero-order valence-electron chi connectivity index (χ0n) is 11.3. The summed E-state index contributed by atoms with van der Waals surface area (Å²) in [5.74, 6) is 0.190. The average Bonchev–Trinajstić information content (AvgIpc) is 2.74. The van der Waals surface area contributed by atoms with E-state index in [4.69, 9.17) is 5.73 Å². The molecule has 1 saturated carbocycles. The van der Waals surface area contributed by atoms with Crippen molar-refractivity contribution in [3.05, 3.63) is 22.4 Å². The molecule has 3 rings (SSSR count). The van der Waals surface area contributed by atoms with E-state index in [1.165, 1.54) is 25.3 Å². The second kappa shape index (κ2) is 5.56. The summed E-state index contributed by atoms with van der Waals surface area (Å²) in [4.78, 5) is 4.33. The van der Waals surface area contributed by atoms with E-state index in [2.05, 4.69) is 31.7 Å². The first-order valence-electron chi connectivity index (χ1n) is 6.77. The molecule has 20 heavy (non-hydrogen) atoms. The number of nitrogen functional groups attached to an aromatic ring is 1. The van der Waals surface area contributed by atoms with Gasteiger partial charge in [0.15, 0.2) is 0 Å². The standard InChI is InChI=1S/C14H17BrFN3S/c1-20-13-5-3-2-4-11(13)19-12-6-8(15)9(16)7-10(12)18-14(19)17/h6-7,11,13H,2-5H2,1H3,(H2,17,18). The first kappa shape index (κ1) is 14.2. The van der Waals surface area contributed by atoms with Crippen LogP contribution in [0.4, 0.5) is 10.3 Å². The molecule has 0 aliphatic heterocycles. The van der Waals surface area contributed by atoms with Crippen molar-refractivity contribution in [2.45, 2.75) is 37.0 Å². The van der Waals surface area contributed by atoms with Crippen LogP contribution >= 0.6 is 27.7 Å². The molecular formula is C14H17BrFN3S. The van der Waals surface area contributed by atoms with Crippen molar-refractivity contribution in [1.82, 2.24) is 9.55 Å². The summed E-state index contributed by atoms with van der Waals surface area (Å²) < 4.78 is 16.2. The average molecular weight is 358 g/mol. The Kier molecular flexibility index (Phi) is 3.95. The van der Waals surface area contributed by atoms with Gasteiger partial charge in [-0.2, -0.15) is 11.8 Å². The highest BCUT2D eigenvalue weighted by molar-refractivity contribution is 9.10. The van der Waals surface area contributed by atoms with Crippen LogP contribution in [0.3, 0.4) is 0 Å². The molecule has 2 N–H and O–H groups in total. The molecule has 1 aromatic heterocycles. The van der Waals surface area contributed by atoms with Crippen LogP contribution < -0.4 is 5.73 Å². The van der Waals surface area contributed by atoms with Gasteiger partial charge >= 0.3 is 0 Å². The second-order valence-corrected chi connectivity index (χ2v) is 7.15. The third-order valence-electron chi connectivity index (χ3n) is 4.06. The molecule has 2 aromatic rings. The molecule has 1 aliphatic rings. The summed E-state index contributed by atoms with van der Waals surface area (Å²) in [6, 6.07) is 3.59. The van der Waals surface area contributed by atoms with E-state index in [1.807, 2.05) is 11.8 Å². The number of halogens is 2. The Morgan fingerprint density at radius 1 is 1.40 bits per heavy atom. The van der Waals surface area contributed by atoms with Crippen LogP contribution in [0.1, 0.15) is 31.7 Å². The van der Waals surface area contributed by atoms with Gasteiger partial charge in [0.2, 0.25) is 5.95 Å². The minimum atomic E-state index is -0.299. The van der Waals surface area contributed by atoms with E-state index in [-0.39, 0.29) is 5.82 Å². The number of anilines is 1. The summed E-state index contributed by atoms with van der Waals surface area (Å²) in [5, 5.41) is 0.548. The van der Waals surface area contributed by atoms with Crippen LogP contribution in [0.5, 0.6) is 0 Å². The minimum Gasteiger partial charge on any atom is -0.369 e. The number of aromatic nitrogens is 2. The van der Waals surface area contributed by atoms with Gasteiger partial charge in [-0.15, -0.1) is 0 Å². The van der Waals surface area contributed by atoms with Crippen molar-refractivity contribution in [1.29, 1.82) is 0 Å².